The van der Waals surface area contributed by atoms with Gasteiger partial charge in [0.1, 0.15) is 0 Å². The first kappa shape index (κ1) is 8.33. The molecule has 1 fully saturated rings. The summed E-state index contributed by atoms with van der Waals surface area (Å²) in [5.74, 6) is 0. The average molecular weight is 208 g/mol. The summed E-state index contributed by atoms with van der Waals surface area (Å²) in [4.78, 5) is 3.07. The molecule has 1 aliphatic carbocycles. The van der Waals surface area contributed by atoms with E-state index in [0.717, 1.165) is 29.3 Å². The van der Waals surface area contributed by atoms with Crippen molar-refractivity contribution in [3.8, 4) is 0 Å². The van der Waals surface area contributed by atoms with E-state index in [1.807, 2.05) is 18.2 Å². The SMILES string of the molecule is OC1(c2ccc3[nH]cc(Cl)c3c2)CC1. The highest BCUT2D eigenvalue weighted by molar-refractivity contribution is 6.35. The van der Waals surface area contributed by atoms with Crippen LogP contribution in [0.4, 0.5) is 0 Å². The van der Waals surface area contributed by atoms with Crippen molar-refractivity contribution in [1.29, 1.82) is 0 Å². The average Bonchev–Trinajstić information content (AvgIpc) is 2.84. The van der Waals surface area contributed by atoms with Gasteiger partial charge < -0.3 is 10.1 Å². The molecular weight excluding hydrogens is 198 g/mol. The molecule has 0 unspecified atom stereocenters. The number of aromatic amines is 1. The normalized spacial score (nSPS) is 18.7. The molecule has 2 N–H and O–H groups in total. The summed E-state index contributed by atoms with van der Waals surface area (Å²) in [6.45, 7) is 0. The molecule has 0 atom stereocenters. The van der Waals surface area contributed by atoms with Crippen molar-refractivity contribution in [2.45, 2.75) is 18.4 Å². The monoisotopic (exact) mass is 207 g/mol. The third-order valence-corrected chi connectivity index (χ3v) is 3.20. The van der Waals surface area contributed by atoms with Crippen molar-refractivity contribution < 1.29 is 5.11 Å². The quantitative estimate of drug-likeness (QED) is 0.741. The Morgan fingerprint density at radius 2 is 2.14 bits per heavy atom. The van der Waals surface area contributed by atoms with Gasteiger partial charge in [-0.15, -0.1) is 0 Å². The smallest absolute Gasteiger partial charge is 0.0899 e. The molecule has 14 heavy (non-hydrogen) atoms. The number of H-pyrrole nitrogens is 1. The maximum Gasteiger partial charge on any atom is 0.0899 e. The van der Waals surface area contributed by atoms with Crippen LogP contribution in [-0.2, 0) is 5.60 Å². The maximum absolute atomic E-state index is 9.93. The minimum absolute atomic E-state index is 0.575. The third-order valence-electron chi connectivity index (χ3n) is 2.89. The van der Waals surface area contributed by atoms with Gasteiger partial charge in [0.15, 0.2) is 0 Å². The molecule has 1 heterocycles. The highest BCUT2D eigenvalue weighted by atomic mass is 35.5. The minimum Gasteiger partial charge on any atom is -0.385 e. The Kier molecular flexibility index (Phi) is 1.50. The molecule has 0 aliphatic heterocycles. The molecule has 3 heteroatoms. The summed E-state index contributed by atoms with van der Waals surface area (Å²) >= 11 is 6.00. The van der Waals surface area contributed by atoms with E-state index in [9.17, 15) is 5.11 Å². The van der Waals surface area contributed by atoms with Crippen LogP contribution in [0.25, 0.3) is 10.9 Å². The summed E-state index contributed by atoms with van der Waals surface area (Å²) in [6.07, 6.45) is 3.49. The van der Waals surface area contributed by atoms with E-state index in [1.165, 1.54) is 0 Å². The lowest BCUT2D eigenvalue weighted by atomic mass is 10.1. The molecule has 0 bridgehead atoms. The van der Waals surface area contributed by atoms with E-state index in [1.54, 1.807) is 6.20 Å². The number of fused-ring (bicyclic) bond motifs is 1. The number of aliphatic hydroxyl groups is 1. The summed E-state index contributed by atoms with van der Waals surface area (Å²) in [5, 5.41) is 11.6. The fraction of sp³-hybridized carbons (Fsp3) is 0.273. The van der Waals surface area contributed by atoms with Gasteiger partial charge in [0.2, 0.25) is 0 Å². The van der Waals surface area contributed by atoms with Gasteiger partial charge >= 0.3 is 0 Å². The molecule has 0 saturated heterocycles. The molecule has 1 aromatic carbocycles. The highest BCUT2D eigenvalue weighted by Crippen LogP contribution is 2.46. The molecule has 1 aliphatic rings. The van der Waals surface area contributed by atoms with E-state index in [2.05, 4.69) is 4.98 Å². The second-order valence-corrected chi connectivity index (χ2v) is 4.34. The van der Waals surface area contributed by atoms with Gasteiger partial charge in [-0.3, -0.25) is 0 Å². The van der Waals surface area contributed by atoms with E-state index in [-0.39, 0.29) is 0 Å². The van der Waals surface area contributed by atoms with Gasteiger partial charge in [-0.05, 0) is 30.5 Å². The number of hydrogen-bond donors (Lipinski definition) is 2. The van der Waals surface area contributed by atoms with Gasteiger partial charge in [0, 0.05) is 17.1 Å². The minimum atomic E-state index is -0.575. The van der Waals surface area contributed by atoms with Crippen LogP contribution >= 0.6 is 11.6 Å². The Balaban J connectivity index is 2.23. The standard InChI is InChI=1S/C11H10ClNO/c12-9-6-13-10-2-1-7(5-8(9)10)11(14)3-4-11/h1-2,5-6,13-14H,3-4H2. The van der Waals surface area contributed by atoms with E-state index in [4.69, 9.17) is 11.6 Å². The zero-order valence-electron chi connectivity index (χ0n) is 7.55. The Hall–Kier alpha value is -0.990. The lowest BCUT2D eigenvalue weighted by molar-refractivity contribution is 0.151. The van der Waals surface area contributed by atoms with Gasteiger partial charge in [-0.25, -0.2) is 0 Å². The number of nitrogens with one attached hydrogen (secondary N) is 1. The molecule has 2 nitrogen and oxygen atoms in total. The Labute approximate surface area is 86.5 Å². The lowest BCUT2D eigenvalue weighted by Crippen LogP contribution is -2.03. The second-order valence-electron chi connectivity index (χ2n) is 3.93. The summed E-state index contributed by atoms with van der Waals surface area (Å²) in [5.41, 5.74) is 1.42. The van der Waals surface area contributed by atoms with Crippen molar-refractivity contribution >= 4 is 22.5 Å². The molecule has 1 aromatic heterocycles. The molecule has 72 valence electrons. The van der Waals surface area contributed by atoms with Crippen LogP contribution in [0.1, 0.15) is 18.4 Å². The van der Waals surface area contributed by atoms with Crippen LogP contribution in [0.3, 0.4) is 0 Å². The van der Waals surface area contributed by atoms with Crippen LogP contribution in [0, 0.1) is 0 Å². The molecule has 1 saturated carbocycles. The molecule has 0 amide bonds. The van der Waals surface area contributed by atoms with Crippen molar-refractivity contribution in [3.63, 3.8) is 0 Å². The zero-order valence-corrected chi connectivity index (χ0v) is 8.30. The molecule has 2 aromatic rings. The fourth-order valence-corrected chi connectivity index (χ4v) is 1.99. The lowest BCUT2D eigenvalue weighted by Gasteiger charge is -2.07. The number of halogens is 1. The van der Waals surface area contributed by atoms with E-state index in [0.29, 0.717) is 5.02 Å². The predicted molar refractivity (Wildman–Crippen MR) is 56.4 cm³/mol. The van der Waals surface area contributed by atoms with Crippen LogP contribution in [-0.4, -0.2) is 10.1 Å². The molecular formula is C11H10ClNO. The summed E-state index contributed by atoms with van der Waals surface area (Å²) < 4.78 is 0. The van der Waals surface area contributed by atoms with Crippen molar-refractivity contribution in [2.24, 2.45) is 0 Å². The van der Waals surface area contributed by atoms with Crippen molar-refractivity contribution in [1.82, 2.24) is 4.98 Å². The second kappa shape index (κ2) is 2.53. The third kappa shape index (κ3) is 1.08. The summed E-state index contributed by atoms with van der Waals surface area (Å²) in [7, 11) is 0. The first-order chi connectivity index (χ1) is 6.69. The Morgan fingerprint density at radius 3 is 2.86 bits per heavy atom. The first-order valence-electron chi connectivity index (χ1n) is 4.69. The first-order valence-corrected chi connectivity index (χ1v) is 5.06. The van der Waals surface area contributed by atoms with Crippen molar-refractivity contribution in [3.05, 3.63) is 35.0 Å². The van der Waals surface area contributed by atoms with E-state index >= 15 is 0 Å². The van der Waals surface area contributed by atoms with Gasteiger partial charge in [0.25, 0.3) is 0 Å². The van der Waals surface area contributed by atoms with E-state index < -0.39 is 5.60 Å². The summed E-state index contributed by atoms with van der Waals surface area (Å²) in [6, 6.07) is 5.90. The fourth-order valence-electron chi connectivity index (χ4n) is 1.78. The number of hydrogen-bond acceptors (Lipinski definition) is 1. The predicted octanol–water partition coefficient (Wildman–Crippen LogP) is 2.80. The van der Waals surface area contributed by atoms with Gasteiger partial charge in [-0.1, -0.05) is 17.7 Å². The van der Waals surface area contributed by atoms with Gasteiger partial charge in [0.05, 0.1) is 10.6 Å². The zero-order chi connectivity index (χ0) is 9.76. The van der Waals surface area contributed by atoms with Crippen LogP contribution in [0.2, 0.25) is 5.02 Å². The number of aromatic nitrogens is 1. The van der Waals surface area contributed by atoms with Gasteiger partial charge in [-0.2, -0.15) is 0 Å². The Morgan fingerprint density at radius 1 is 1.36 bits per heavy atom. The number of rotatable bonds is 1. The maximum atomic E-state index is 9.93. The Bertz CT molecular complexity index is 499. The van der Waals surface area contributed by atoms with Crippen LogP contribution < -0.4 is 0 Å². The number of benzene rings is 1. The van der Waals surface area contributed by atoms with Crippen molar-refractivity contribution in [2.75, 3.05) is 0 Å². The highest BCUT2D eigenvalue weighted by Gasteiger charge is 2.42. The largest absolute Gasteiger partial charge is 0.385 e. The molecule has 0 spiro atoms. The van der Waals surface area contributed by atoms with Crippen LogP contribution in [0.5, 0.6) is 0 Å². The topological polar surface area (TPSA) is 36.0 Å². The molecule has 3 rings (SSSR count). The van der Waals surface area contributed by atoms with Crippen LogP contribution in [0.15, 0.2) is 24.4 Å². The molecule has 0 radical (unpaired) electrons.